The molecule has 4 aromatic carbocycles. The molecule has 0 amide bonds. The molecule has 0 bridgehead atoms. The number of hydrogen-bond acceptors (Lipinski definition) is 4. The molecule has 0 saturated carbocycles. The van der Waals surface area contributed by atoms with E-state index in [-0.39, 0.29) is 20.1 Å². The van der Waals surface area contributed by atoms with Crippen LogP contribution in [0.1, 0.15) is 43.5 Å². The number of fused-ring (bicyclic) bond motifs is 4. The summed E-state index contributed by atoms with van der Waals surface area (Å²) in [5.41, 5.74) is 11.7. The number of rotatable bonds is 5. The number of imidazole rings is 1. The van der Waals surface area contributed by atoms with E-state index in [2.05, 4.69) is 100 Å². The molecule has 0 aliphatic rings. The maximum Gasteiger partial charge on any atom is 0 e. The van der Waals surface area contributed by atoms with Crippen molar-refractivity contribution in [1.29, 1.82) is 0 Å². The minimum atomic E-state index is -2.03. The molecule has 5 nitrogen and oxygen atoms in total. The Labute approximate surface area is 318 Å². The maximum atomic E-state index is 8.44. The molecule has 259 valence electrons. The Balaban J connectivity index is 0.000000193. The quantitative estimate of drug-likeness (QED) is 0.128. The van der Waals surface area contributed by atoms with Crippen LogP contribution >= 0.6 is 0 Å². The molecule has 51 heavy (non-hydrogen) atoms. The molecule has 0 saturated heterocycles. The van der Waals surface area contributed by atoms with Crippen molar-refractivity contribution in [1.82, 2.24) is 19.5 Å². The average molecular weight is 909 g/mol. The van der Waals surface area contributed by atoms with Gasteiger partial charge in [0.25, 0.3) is 0 Å². The van der Waals surface area contributed by atoms with E-state index in [0.717, 1.165) is 67.0 Å². The molecule has 0 N–H and O–H groups in total. The van der Waals surface area contributed by atoms with Crippen molar-refractivity contribution >= 4 is 50.8 Å². The van der Waals surface area contributed by atoms with Crippen LogP contribution < -0.4 is 4.40 Å². The first-order valence-corrected chi connectivity index (χ1v) is 24.4. The monoisotopic (exact) mass is 910 g/mol. The Bertz CT molecular complexity index is 2520. The van der Waals surface area contributed by atoms with Gasteiger partial charge < -0.3 is 8.98 Å². The van der Waals surface area contributed by atoms with Crippen LogP contribution in [0, 0.1) is 32.9 Å². The molecule has 0 aliphatic carbocycles. The Morgan fingerprint density at radius 1 is 0.804 bits per heavy atom. The van der Waals surface area contributed by atoms with E-state index in [1.165, 1.54) is 15.5 Å². The SMILES string of the molecule is Cc1ccc2c(n1)oc1c(-c3nc4ccccc4n3-c3c(C)cccc3C)[c-]ccc12.[2H]C(C)(C)c1cc(-c2[c-]cccc2)nc[c]1[Ge]([CH3])([CH3])[CH3].[Ir]. The first-order valence-electron chi connectivity index (χ1n) is 17.5. The van der Waals surface area contributed by atoms with E-state index in [1.54, 1.807) is 0 Å². The first-order chi connectivity index (χ1) is 24.3. The van der Waals surface area contributed by atoms with Gasteiger partial charge in [0.05, 0.1) is 22.4 Å². The van der Waals surface area contributed by atoms with Crippen molar-refractivity contribution in [3.8, 4) is 28.3 Å². The van der Waals surface area contributed by atoms with Crippen LogP contribution in [0.4, 0.5) is 0 Å². The third-order valence-electron chi connectivity index (χ3n) is 9.12. The fourth-order valence-electron chi connectivity index (χ4n) is 6.63. The summed E-state index contributed by atoms with van der Waals surface area (Å²) in [6.45, 7) is 10.2. The van der Waals surface area contributed by atoms with Crippen LogP contribution in [0.15, 0.2) is 108 Å². The van der Waals surface area contributed by atoms with Crippen LogP contribution in [0.25, 0.3) is 61.4 Å². The van der Waals surface area contributed by atoms with E-state index in [0.29, 0.717) is 5.71 Å². The molecule has 7 heteroatoms. The van der Waals surface area contributed by atoms with Gasteiger partial charge in [0, 0.05) is 36.9 Å². The molecule has 0 fully saturated rings. The van der Waals surface area contributed by atoms with Gasteiger partial charge in [-0.2, -0.15) is 0 Å². The number of para-hydroxylation sites is 3. The van der Waals surface area contributed by atoms with Crippen LogP contribution in [-0.4, -0.2) is 32.8 Å². The number of aromatic nitrogens is 4. The van der Waals surface area contributed by atoms with Gasteiger partial charge in [-0.25, -0.2) is 4.98 Å². The van der Waals surface area contributed by atoms with Crippen LogP contribution in [-0.2, 0) is 20.1 Å². The number of nitrogens with zero attached hydrogens (tertiary/aromatic N) is 4. The van der Waals surface area contributed by atoms with Crippen molar-refractivity contribution in [3.63, 3.8) is 0 Å². The zero-order valence-corrected chi connectivity index (χ0v) is 34.8. The first kappa shape index (κ1) is 35.1. The molecule has 4 heterocycles. The normalized spacial score (nSPS) is 12.0. The van der Waals surface area contributed by atoms with E-state index >= 15 is 0 Å². The second-order valence-corrected chi connectivity index (χ2v) is 24.7. The molecular formula is C44H42GeIrN4O-2. The molecule has 0 spiro atoms. The number of pyridine rings is 2. The molecule has 8 aromatic rings. The van der Waals surface area contributed by atoms with E-state index in [4.69, 9.17) is 10.8 Å². The molecule has 0 unspecified atom stereocenters. The van der Waals surface area contributed by atoms with Crippen LogP contribution in [0.3, 0.4) is 0 Å². The maximum absolute atomic E-state index is 8.44. The number of benzene rings is 4. The van der Waals surface area contributed by atoms with Gasteiger partial charge in [-0.1, -0.05) is 41.3 Å². The molecule has 1 radical (unpaired) electrons. The summed E-state index contributed by atoms with van der Waals surface area (Å²) >= 11 is -2.03. The van der Waals surface area contributed by atoms with Gasteiger partial charge in [0.1, 0.15) is 0 Å². The minimum absolute atomic E-state index is 0. The standard InChI is InChI=1S/C27H20N3O.C17H22GeN.Ir/c1-16-8-6-9-17(2)24(16)30-23-13-5-4-12-22(23)29-26(30)21-11-7-10-19-20-15-14-18(3)28-27(20)31-25(19)21;1-13(2)15-11-17(14-9-7-6-8-10-14)19-12-16(15)18(3,4)5;/h4-10,12-15H,1-3H3;6-9,11-13H,1-5H3;/q2*-1;/i;13D;. The van der Waals surface area contributed by atoms with Gasteiger partial charge in [0.15, 0.2) is 0 Å². The summed E-state index contributed by atoms with van der Waals surface area (Å²) in [6.07, 6.45) is 2.00. The topological polar surface area (TPSA) is 56.7 Å². The van der Waals surface area contributed by atoms with Crippen LogP contribution in [0.5, 0.6) is 0 Å². The van der Waals surface area contributed by atoms with Gasteiger partial charge in [-0.05, 0) is 56.2 Å². The third-order valence-corrected chi connectivity index (χ3v) is 13.3. The molecule has 0 atom stereocenters. The molecular weight excluding hydrogens is 865 g/mol. The Hall–Kier alpha value is -4.36. The second-order valence-electron chi connectivity index (χ2n) is 14.1. The molecule has 0 aliphatic heterocycles. The van der Waals surface area contributed by atoms with Crippen molar-refractivity contribution < 1.29 is 25.9 Å². The van der Waals surface area contributed by atoms with E-state index in [1.807, 2.05) is 81.6 Å². The Kier molecular flexibility index (Phi) is 10.1. The summed E-state index contributed by atoms with van der Waals surface area (Å²) in [4.78, 5) is 14.2. The second kappa shape index (κ2) is 14.7. The van der Waals surface area contributed by atoms with Gasteiger partial charge in [-0.15, -0.1) is 18.2 Å². The number of hydrogen-bond donors (Lipinski definition) is 0. The smallest absolute Gasteiger partial charge is 0 e. The largest absolute Gasteiger partial charge is 0 e. The average Bonchev–Trinajstić information content (AvgIpc) is 3.66. The van der Waals surface area contributed by atoms with Crippen molar-refractivity contribution in [2.24, 2.45) is 0 Å². The van der Waals surface area contributed by atoms with Gasteiger partial charge >= 0.3 is 120 Å². The zero-order valence-electron chi connectivity index (χ0n) is 31.3. The summed E-state index contributed by atoms with van der Waals surface area (Å²) < 4.78 is 18.3. The number of furan rings is 1. The van der Waals surface area contributed by atoms with Gasteiger partial charge in [0.2, 0.25) is 5.71 Å². The number of aryl methyl sites for hydroxylation is 3. The molecule has 8 rings (SSSR count). The van der Waals surface area contributed by atoms with Crippen LogP contribution in [0.2, 0.25) is 17.3 Å². The minimum Gasteiger partial charge on any atom is 0 e. The Morgan fingerprint density at radius 3 is 2.25 bits per heavy atom. The van der Waals surface area contributed by atoms with Crippen molar-refractivity contribution in [3.05, 3.63) is 138 Å². The fourth-order valence-corrected chi connectivity index (χ4v) is 9.95. The summed E-state index contributed by atoms with van der Waals surface area (Å²) in [5, 5.41) is 2.03. The predicted octanol–water partition coefficient (Wildman–Crippen LogP) is 10.9. The fraction of sp³-hybridized carbons (Fsp3) is 0.205. The summed E-state index contributed by atoms with van der Waals surface area (Å²) in [5.74, 6) is 7.27. The predicted molar refractivity (Wildman–Crippen MR) is 210 cm³/mol. The molecule has 4 aromatic heterocycles. The Morgan fingerprint density at radius 2 is 1.55 bits per heavy atom. The van der Waals surface area contributed by atoms with Gasteiger partial charge in [-0.3, -0.25) is 4.98 Å². The van der Waals surface area contributed by atoms with Crippen molar-refractivity contribution in [2.75, 3.05) is 0 Å². The summed E-state index contributed by atoms with van der Waals surface area (Å²) in [6, 6.07) is 39.2. The third kappa shape index (κ3) is 7.10. The van der Waals surface area contributed by atoms with E-state index in [9.17, 15) is 0 Å². The van der Waals surface area contributed by atoms with E-state index < -0.39 is 19.2 Å². The summed E-state index contributed by atoms with van der Waals surface area (Å²) in [7, 11) is 0. The zero-order chi connectivity index (χ0) is 36.1. The van der Waals surface area contributed by atoms with Crippen molar-refractivity contribution in [2.45, 2.75) is 57.8 Å².